The lowest BCUT2D eigenvalue weighted by molar-refractivity contribution is 0.0908. The van der Waals surface area contributed by atoms with E-state index < -0.39 is 18.6 Å². The van der Waals surface area contributed by atoms with Crippen molar-refractivity contribution in [3.05, 3.63) is 89.5 Å². The zero-order chi connectivity index (χ0) is 25.1. The second-order valence-electron chi connectivity index (χ2n) is 7.75. The van der Waals surface area contributed by atoms with Gasteiger partial charge >= 0.3 is 0 Å². The number of aliphatic hydroxyl groups excluding tert-OH is 1. The highest BCUT2D eigenvalue weighted by atomic mass is 35.5. The topological polar surface area (TPSA) is 156 Å². The molecule has 0 fully saturated rings. The van der Waals surface area contributed by atoms with E-state index in [-0.39, 0.29) is 17.3 Å². The average Bonchev–Trinajstić information content (AvgIpc) is 3.31. The highest BCUT2D eigenvalue weighted by Gasteiger charge is 2.24. The number of anilines is 3. The first-order valence-corrected chi connectivity index (χ1v) is 11.2. The molecule has 0 saturated heterocycles. The van der Waals surface area contributed by atoms with Crippen LogP contribution in [-0.4, -0.2) is 47.4 Å². The molecule has 0 unspecified atom stereocenters. The number of carbonyl (C=O) groups is 1. The van der Waals surface area contributed by atoms with Crippen molar-refractivity contribution in [2.75, 3.05) is 17.7 Å². The predicted octanol–water partition coefficient (Wildman–Crippen LogP) is 3.02. The van der Waals surface area contributed by atoms with Gasteiger partial charge in [0.2, 0.25) is 0 Å². The van der Waals surface area contributed by atoms with Crippen molar-refractivity contribution in [1.82, 2.24) is 35.1 Å². The van der Waals surface area contributed by atoms with Crippen LogP contribution in [0, 0.1) is 0 Å². The minimum Gasteiger partial charge on any atom is -0.394 e. The third kappa shape index (κ3) is 4.78. The SMILES string of the molecule is Nc1ncc(-c2ccccc2)nc1C(=O)N[C@H](CO)c1nnc2ccc(Nc3cccc(Cl)c3)nn12. The molecule has 0 aliphatic carbocycles. The molecule has 1 atom stereocenters. The first-order chi connectivity index (χ1) is 17.5. The van der Waals surface area contributed by atoms with E-state index in [0.29, 0.717) is 22.2 Å². The standard InChI is InChI=1S/C24H20ClN9O2/c25-15-7-4-8-16(11-15)28-19-9-10-20-31-32-23(34(20)33-19)18(13-35)30-24(36)21-22(26)27-12-17(29-21)14-5-2-1-3-6-14/h1-12,18,35H,13H2,(H2,26,27)(H,28,33)(H,30,36)/t18-/m1/s1. The number of benzene rings is 2. The minimum atomic E-state index is -0.942. The van der Waals surface area contributed by atoms with E-state index in [1.807, 2.05) is 42.5 Å². The third-order valence-corrected chi connectivity index (χ3v) is 5.50. The van der Waals surface area contributed by atoms with E-state index in [0.717, 1.165) is 11.3 Å². The smallest absolute Gasteiger partial charge is 0.274 e. The van der Waals surface area contributed by atoms with Gasteiger partial charge in [0.25, 0.3) is 5.91 Å². The first kappa shape index (κ1) is 23.1. The van der Waals surface area contributed by atoms with Crippen LogP contribution >= 0.6 is 11.6 Å². The molecule has 0 radical (unpaired) electrons. The normalized spacial score (nSPS) is 11.8. The molecule has 1 amide bonds. The Hall–Kier alpha value is -4.61. The van der Waals surface area contributed by atoms with Crippen LogP contribution in [0.2, 0.25) is 5.02 Å². The lowest BCUT2D eigenvalue weighted by Crippen LogP contribution is -2.33. The van der Waals surface area contributed by atoms with Gasteiger partial charge in [-0.15, -0.1) is 15.3 Å². The van der Waals surface area contributed by atoms with Gasteiger partial charge in [-0.3, -0.25) is 4.79 Å². The fraction of sp³-hybridized carbons (Fsp3) is 0.0833. The van der Waals surface area contributed by atoms with Crippen molar-refractivity contribution in [3.8, 4) is 11.3 Å². The van der Waals surface area contributed by atoms with Crippen molar-refractivity contribution < 1.29 is 9.90 Å². The minimum absolute atomic E-state index is 0.0406. The van der Waals surface area contributed by atoms with Gasteiger partial charge in [-0.1, -0.05) is 48.0 Å². The lowest BCUT2D eigenvalue weighted by atomic mass is 10.1. The van der Waals surface area contributed by atoms with E-state index in [1.54, 1.807) is 24.3 Å². The van der Waals surface area contributed by atoms with Gasteiger partial charge in [0.05, 0.1) is 18.5 Å². The maximum Gasteiger partial charge on any atom is 0.274 e. The van der Waals surface area contributed by atoms with Gasteiger partial charge in [-0.05, 0) is 30.3 Å². The van der Waals surface area contributed by atoms with Crippen molar-refractivity contribution >= 4 is 40.5 Å². The Balaban J connectivity index is 1.42. The summed E-state index contributed by atoms with van der Waals surface area (Å²) in [5.74, 6) is 0.0451. The monoisotopic (exact) mass is 501 g/mol. The van der Waals surface area contributed by atoms with Crippen LogP contribution in [0.4, 0.5) is 17.3 Å². The van der Waals surface area contributed by atoms with Crippen LogP contribution in [0.25, 0.3) is 16.9 Å². The van der Waals surface area contributed by atoms with Crippen LogP contribution in [-0.2, 0) is 0 Å². The highest BCUT2D eigenvalue weighted by molar-refractivity contribution is 6.30. The Morgan fingerprint density at radius 1 is 1.08 bits per heavy atom. The zero-order valence-electron chi connectivity index (χ0n) is 18.7. The number of hydrogen-bond acceptors (Lipinski definition) is 9. The number of nitrogens with two attached hydrogens (primary N) is 1. The van der Waals surface area contributed by atoms with Crippen LogP contribution in [0.15, 0.2) is 72.9 Å². The number of nitrogens with zero attached hydrogens (tertiary/aromatic N) is 6. The number of fused-ring (bicyclic) bond motifs is 1. The number of aromatic nitrogens is 6. The molecule has 5 aromatic rings. The van der Waals surface area contributed by atoms with Crippen molar-refractivity contribution in [1.29, 1.82) is 0 Å². The van der Waals surface area contributed by atoms with Gasteiger partial charge in [0.1, 0.15) is 6.04 Å². The van der Waals surface area contributed by atoms with Crippen molar-refractivity contribution in [3.63, 3.8) is 0 Å². The molecule has 0 aliphatic heterocycles. The molecule has 5 rings (SSSR count). The third-order valence-electron chi connectivity index (χ3n) is 5.27. The van der Waals surface area contributed by atoms with E-state index in [2.05, 4.69) is 35.9 Å². The summed E-state index contributed by atoms with van der Waals surface area (Å²) in [6, 6.07) is 19.0. The summed E-state index contributed by atoms with van der Waals surface area (Å²) in [5.41, 5.74) is 8.31. The Morgan fingerprint density at radius 2 is 1.92 bits per heavy atom. The largest absolute Gasteiger partial charge is 0.394 e. The van der Waals surface area contributed by atoms with E-state index in [4.69, 9.17) is 17.3 Å². The summed E-state index contributed by atoms with van der Waals surface area (Å²) in [7, 11) is 0. The molecule has 0 bridgehead atoms. The number of halogens is 1. The van der Waals surface area contributed by atoms with Gasteiger partial charge < -0.3 is 21.5 Å². The number of nitrogens with one attached hydrogen (secondary N) is 2. The number of amides is 1. The lowest BCUT2D eigenvalue weighted by Gasteiger charge is -2.15. The summed E-state index contributed by atoms with van der Waals surface area (Å²) in [6.45, 7) is -0.466. The number of rotatable bonds is 7. The summed E-state index contributed by atoms with van der Waals surface area (Å²) >= 11 is 6.06. The quantitative estimate of drug-likeness (QED) is 0.263. The predicted molar refractivity (Wildman–Crippen MR) is 135 cm³/mol. The van der Waals surface area contributed by atoms with Gasteiger partial charge in [-0.2, -0.15) is 4.52 Å². The molecular formula is C24H20ClN9O2. The summed E-state index contributed by atoms with van der Waals surface area (Å²) in [4.78, 5) is 21.6. The molecule has 3 aromatic heterocycles. The molecular weight excluding hydrogens is 482 g/mol. The number of carbonyl (C=O) groups excluding carboxylic acids is 1. The number of nitrogen functional groups attached to an aromatic ring is 1. The molecule has 2 aromatic carbocycles. The maximum absolute atomic E-state index is 13.1. The van der Waals surface area contributed by atoms with E-state index in [9.17, 15) is 9.90 Å². The average molecular weight is 502 g/mol. The molecule has 5 N–H and O–H groups in total. The fourth-order valence-electron chi connectivity index (χ4n) is 3.54. The van der Waals surface area contributed by atoms with Crippen LogP contribution in [0.5, 0.6) is 0 Å². The molecule has 36 heavy (non-hydrogen) atoms. The summed E-state index contributed by atoms with van der Waals surface area (Å²) in [6.07, 6.45) is 1.50. The Labute approximate surface area is 210 Å². The van der Waals surface area contributed by atoms with Crippen LogP contribution < -0.4 is 16.4 Å². The first-order valence-electron chi connectivity index (χ1n) is 10.9. The summed E-state index contributed by atoms with van der Waals surface area (Å²) in [5, 5.41) is 29.2. The van der Waals surface area contributed by atoms with Gasteiger partial charge in [-0.25, -0.2) is 9.97 Å². The molecule has 12 heteroatoms. The molecule has 0 spiro atoms. The molecule has 0 saturated carbocycles. The zero-order valence-corrected chi connectivity index (χ0v) is 19.5. The van der Waals surface area contributed by atoms with Crippen LogP contribution in [0.1, 0.15) is 22.4 Å². The van der Waals surface area contributed by atoms with Crippen LogP contribution in [0.3, 0.4) is 0 Å². The maximum atomic E-state index is 13.1. The van der Waals surface area contributed by atoms with E-state index in [1.165, 1.54) is 10.7 Å². The molecule has 0 aliphatic rings. The second-order valence-corrected chi connectivity index (χ2v) is 8.18. The van der Waals surface area contributed by atoms with Gasteiger partial charge in [0.15, 0.2) is 28.8 Å². The molecule has 180 valence electrons. The number of hydrogen-bond donors (Lipinski definition) is 4. The van der Waals surface area contributed by atoms with Crippen molar-refractivity contribution in [2.24, 2.45) is 0 Å². The number of aliphatic hydroxyl groups is 1. The van der Waals surface area contributed by atoms with Crippen molar-refractivity contribution in [2.45, 2.75) is 6.04 Å². The Morgan fingerprint density at radius 3 is 2.69 bits per heavy atom. The Bertz CT molecular complexity index is 1540. The Kier molecular flexibility index (Phi) is 6.39. The summed E-state index contributed by atoms with van der Waals surface area (Å²) < 4.78 is 1.43. The highest BCUT2D eigenvalue weighted by Crippen LogP contribution is 2.21. The molecule has 3 heterocycles. The molecule has 11 nitrogen and oxygen atoms in total. The van der Waals surface area contributed by atoms with E-state index >= 15 is 0 Å². The van der Waals surface area contributed by atoms with Gasteiger partial charge in [0, 0.05) is 16.3 Å². The fourth-order valence-corrected chi connectivity index (χ4v) is 3.73. The second kappa shape index (κ2) is 9.94.